The first-order valence-electron chi connectivity index (χ1n) is 7.15. The van der Waals surface area contributed by atoms with Crippen LogP contribution in [-0.4, -0.2) is 12.3 Å². The van der Waals surface area contributed by atoms with Crippen molar-refractivity contribution in [3.05, 3.63) is 29.3 Å². The molecular formula is C16H26N2. The largest absolute Gasteiger partial charge is 0.385 e. The molecular weight excluding hydrogens is 220 g/mol. The molecule has 0 spiro atoms. The molecule has 1 saturated carbocycles. The number of rotatable bonds is 5. The molecule has 2 rings (SSSR count). The molecule has 0 aliphatic heterocycles. The predicted octanol–water partition coefficient (Wildman–Crippen LogP) is 4.62. The number of hydrogen-bond acceptors (Lipinski definition) is 2. The van der Waals surface area contributed by atoms with Gasteiger partial charge in [0.25, 0.3) is 0 Å². The van der Waals surface area contributed by atoms with Crippen molar-refractivity contribution in [2.45, 2.75) is 47.0 Å². The second-order valence-corrected chi connectivity index (χ2v) is 4.66. The van der Waals surface area contributed by atoms with Crippen LogP contribution in [0.2, 0.25) is 0 Å². The number of anilines is 1. The van der Waals surface area contributed by atoms with Crippen molar-refractivity contribution >= 4 is 11.4 Å². The second kappa shape index (κ2) is 7.20. The van der Waals surface area contributed by atoms with Gasteiger partial charge in [0.05, 0.1) is 0 Å². The number of nitrogens with one attached hydrogen (secondary N) is 2. The summed E-state index contributed by atoms with van der Waals surface area (Å²) in [4.78, 5) is 0. The fourth-order valence-electron chi connectivity index (χ4n) is 1.89. The van der Waals surface area contributed by atoms with E-state index in [9.17, 15) is 0 Å². The summed E-state index contributed by atoms with van der Waals surface area (Å²) >= 11 is 0. The van der Waals surface area contributed by atoms with Gasteiger partial charge in [-0.2, -0.15) is 0 Å². The highest BCUT2D eigenvalue weighted by atomic mass is 14.9. The SMILES string of the molecule is CC.CCCNc1ccc(C)cc1C(=N)C1CC1. The average molecular weight is 246 g/mol. The van der Waals surface area contributed by atoms with Crippen LogP contribution in [0.1, 0.15) is 51.2 Å². The summed E-state index contributed by atoms with van der Waals surface area (Å²) in [6.45, 7) is 9.23. The lowest BCUT2D eigenvalue weighted by Crippen LogP contribution is -2.09. The highest BCUT2D eigenvalue weighted by Crippen LogP contribution is 2.34. The van der Waals surface area contributed by atoms with Gasteiger partial charge in [0, 0.05) is 29.4 Å². The Balaban J connectivity index is 0.000000771. The molecule has 1 aromatic carbocycles. The van der Waals surface area contributed by atoms with Crippen LogP contribution in [0.4, 0.5) is 5.69 Å². The Kier molecular flexibility index (Phi) is 5.90. The van der Waals surface area contributed by atoms with Gasteiger partial charge in [-0.05, 0) is 38.3 Å². The zero-order chi connectivity index (χ0) is 13.5. The first kappa shape index (κ1) is 14.7. The summed E-state index contributed by atoms with van der Waals surface area (Å²) < 4.78 is 0. The maximum atomic E-state index is 8.18. The Bertz CT molecular complexity index is 392. The maximum Gasteiger partial charge on any atom is 0.0437 e. The number of hydrogen-bond donors (Lipinski definition) is 2. The highest BCUT2D eigenvalue weighted by Gasteiger charge is 2.28. The van der Waals surface area contributed by atoms with Crippen LogP contribution in [-0.2, 0) is 0 Å². The Morgan fingerprint density at radius 3 is 2.56 bits per heavy atom. The fraction of sp³-hybridized carbons (Fsp3) is 0.562. The van der Waals surface area contributed by atoms with E-state index in [-0.39, 0.29) is 0 Å². The molecule has 0 aromatic heterocycles. The lowest BCUT2D eigenvalue weighted by atomic mass is 10.0. The summed E-state index contributed by atoms with van der Waals surface area (Å²) in [7, 11) is 0. The summed E-state index contributed by atoms with van der Waals surface area (Å²) in [6.07, 6.45) is 3.50. The normalized spacial score (nSPS) is 13.6. The number of benzene rings is 1. The molecule has 2 N–H and O–H groups in total. The van der Waals surface area contributed by atoms with E-state index in [4.69, 9.17) is 5.41 Å². The molecule has 0 amide bonds. The lowest BCUT2D eigenvalue weighted by Gasteiger charge is -2.13. The van der Waals surface area contributed by atoms with E-state index in [1.165, 1.54) is 18.4 Å². The van der Waals surface area contributed by atoms with E-state index in [2.05, 4.69) is 37.4 Å². The van der Waals surface area contributed by atoms with Crippen molar-refractivity contribution in [2.24, 2.45) is 5.92 Å². The van der Waals surface area contributed by atoms with Crippen molar-refractivity contribution in [3.63, 3.8) is 0 Å². The van der Waals surface area contributed by atoms with Gasteiger partial charge in [-0.25, -0.2) is 0 Å². The summed E-state index contributed by atoms with van der Waals surface area (Å²) in [5, 5.41) is 11.6. The van der Waals surface area contributed by atoms with E-state index in [1.54, 1.807) is 0 Å². The van der Waals surface area contributed by atoms with Gasteiger partial charge in [0.1, 0.15) is 0 Å². The first-order valence-corrected chi connectivity index (χ1v) is 7.15. The average Bonchev–Trinajstić information content (AvgIpc) is 3.23. The molecule has 18 heavy (non-hydrogen) atoms. The molecule has 0 radical (unpaired) electrons. The fourth-order valence-corrected chi connectivity index (χ4v) is 1.89. The van der Waals surface area contributed by atoms with E-state index >= 15 is 0 Å². The zero-order valence-corrected chi connectivity index (χ0v) is 12.1. The van der Waals surface area contributed by atoms with Gasteiger partial charge < -0.3 is 10.7 Å². The van der Waals surface area contributed by atoms with Gasteiger partial charge >= 0.3 is 0 Å². The molecule has 1 aromatic rings. The standard InChI is InChI=1S/C14H20N2.C2H6/c1-3-8-16-13-7-4-10(2)9-12(13)14(15)11-5-6-11;1-2/h4,7,9,11,15-16H,3,5-6,8H2,1-2H3;1-2H3. The Morgan fingerprint density at radius 2 is 2.00 bits per heavy atom. The molecule has 0 unspecified atom stereocenters. The predicted molar refractivity (Wildman–Crippen MR) is 80.9 cm³/mol. The minimum Gasteiger partial charge on any atom is -0.385 e. The Labute approximate surface area is 111 Å². The number of aryl methyl sites for hydroxylation is 1. The first-order chi connectivity index (χ1) is 8.72. The molecule has 100 valence electrons. The maximum absolute atomic E-state index is 8.18. The van der Waals surface area contributed by atoms with Gasteiger partial charge in [-0.15, -0.1) is 0 Å². The monoisotopic (exact) mass is 246 g/mol. The minimum atomic E-state index is 0.518. The van der Waals surface area contributed by atoms with E-state index in [0.717, 1.165) is 29.9 Å². The second-order valence-electron chi connectivity index (χ2n) is 4.66. The molecule has 2 nitrogen and oxygen atoms in total. The topological polar surface area (TPSA) is 35.9 Å². The van der Waals surface area contributed by atoms with Crippen LogP contribution in [0, 0.1) is 18.3 Å². The van der Waals surface area contributed by atoms with Crippen molar-refractivity contribution in [1.82, 2.24) is 0 Å². The van der Waals surface area contributed by atoms with Crippen molar-refractivity contribution in [1.29, 1.82) is 5.41 Å². The van der Waals surface area contributed by atoms with Crippen LogP contribution in [0.15, 0.2) is 18.2 Å². The van der Waals surface area contributed by atoms with Gasteiger partial charge in [0.15, 0.2) is 0 Å². The molecule has 1 aliphatic rings. The van der Waals surface area contributed by atoms with Crippen LogP contribution < -0.4 is 5.32 Å². The quantitative estimate of drug-likeness (QED) is 0.731. The Morgan fingerprint density at radius 1 is 1.33 bits per heavy atom. The van der Waals surface area contributed by atoms with E-state index in [0.29, 0.717) is 5.92 Å². The smallest absolute Gasteiger partial charge is 0.0437 e. The molecule has 0 atom stereocenters. The van der Waals surface area contributed by atoms with Crippen molar-refractivity contribution in [3.8, 4) is 0 Å². The highest BCUT2D eigenvalue weighted by molar-refractivity contribution is 6.05. The Hall–Kier alpha value is -1.31. The summed E-state index contributed by atoms with van der Waals surface area (Å²) in [6, 6.07) is 6.36. The van der Waals surface area contributed by atoms with Crippen molar-refractivity contribution < 1.29 is 0 Å². The third-order valence-electron chi connectivity index (χ3n) is 3.02. The van der Waals surface area contributed by atoms with Gasteiger partial charge in [-0.3, -0.25) is 0 Å². The third-order valence-corrected chi connectivity index (χ3v) is 3.02. The van der Waals surface area contributed by atoms with Crippen LogP contribution in [0.3, 0.4) is 0 Å². The molecule has 0 saturated heterocycles. The molecule has 1 fully saturated rings. The van der Waals surface area contributed by atoms with E-state index in [1.807, 2.05) is 13.8 Å². The summed E-state index contributed by atoms with van der Waals surface area (Å²) in [5.41, 5.74) is 4.30. The van der Waals surface area contributed by atoms with Gasteiger partial charge in [-0.1, -0.05) is 32.4 Å². The molecule has 2 heteroatoms. The molecule has 0 bridgehead atoms. The lowest BCUT2D eigenvalue weighted by molar-refractivity contribution is 0.978. The van der Waals surface area contributed by atoms with Crippen LogP contribution in [0.5, 0.6) is 0 Å². The van der Waals surface area contributed by atoms with Crippen molar-refractivity contribution in [2.75, 3.05) is 11.9 Å². The van der Waals surface area contributed by atoms with Crippen LogP contribution >= 0.6 is 0 Å². The molecule has 1 aliphatic carbocycles. The third kappa shape index (κ3) is 3.86. The van der Waals surface area contributed by atoms with Gasteiger partial charge in [0.2, 0.25) is 0 Å². The van der Waals surface area contributed by atoms with E-state index < -0.39 is 0 Å². The zero-order valence-electron chi connectivity index (χ0n) is 12.1. The minimum absolute atomic E-state index is 0.518. The van der Waals surface area contributed by atoms with Crippen LogP contribution in [0.25, 0.3) is 0 Å². The summed E-state index contributed by atoms with van der Waals surface area (Å²) in [5.74, 6) is 0.518. The molecule has 0 heterocycles.